The van der Waals surface area contributed by atoms with E-state index in [1.54, 1.807) is 24.3 Å². The molecule has 0 radical (unpaired) electrons. The Morgan fingerprint density at radius 2 is 1.62 bits per heavy atom. The molecule has 128 valence electrons. The van der Waals surface area contributed by atoms with Crippen LogP contribution >= 0.6 is 0 Å². The summed E-state index contributed by atoms with van der Waals surface area (Å²) in [4.78, 5) is 10.8. The molecule has 2 rings (SSSR count). The van der Waals surface area contributed by atoms with Gasteiger partial charge in [-0.25, -0.2) is 0 Å². The Kier molecular flexibility index (Phi) is 5.83. The Hall–Kier alpha value is -2.96. The van der Waals surface area contributed by atoms with Gasteiger partial charge in [-0.1, -0.05) is 6.92 Å². The van der Waals surface area contributed by atoms with Crippen LogP contribution in [0.2, 0.25) is 0 Å². The fraction of sp³-hybridized carbons (Fsp3) is 0.294. The van der Waals surface area contributed by atoms with Crippen LogP contribution in [0.4, 0.5) is 5.69 Å². The zero-order valence-corrected chi connectivity index (χ0v) is 13.8. The van der Waals surface area contributed by atoms with Gasteiger partial charge >= 0.3 is 5.69 Å². The Morgan fingerprint density at radius 3 is 2.25 bits per heavy atom. The first-order chi connectivity index (χ1) is 11.6. The number of methoxy groups -OCH3 is 2. The van der Waals surface area contributed by atoms with E-state index >= 15 is 0 Å². The second-order valence-corrected chi connectivity index (χ2v) is 4.85. The molecule has 0 fully saturated rings. The van der Waals surface area contributed by atoms with Gasteiger partial charge in [-0.15, -0.1) is 0 Å². The van der Waals surface area contributed by atoms with Gasteiger partial charge in [0.1, 0.15) is 11.5 Å². The molecule has 7 nitrogen and oxygen atoms in total. The van der Waals surface area contributed by atoms with E-state index in [4.69, 9.17) is 18.9 Å². The number of nitro benzene ring substituents is 1. The molecule has 0 aromatic heterocycles. The third kappa shape index (κ3) is 4.07. The molecule has 0 spiro atoms. The highest BCUT2D eigenvalue weighted by Crippen LogP contribution is 2.37. The van der Waals surface area contributed by atoms with Crippen LogP contribution in [-0.2, 0) is 0 Å². The van der Waals surface area contributed by atoms with Crippen molar-refractivity contribution in [1.82, 2.24) is 0 Å². The summed E-state index contributed by atoms with van der Waals surface area (Å²) in [6, 6.07) is 9.42. The van der Waals surface area contributed by atoms with Crippen molar-refractivity contribution in [2.45, 2.75) is 13.3 Å². The molecule has 0 heterocycles. The van der Waals surface area contributed by atoms with Crippen LogP contribution in [0.25, 0.3) is 0 Å². The number of rotatable bonds is 8. The maximum Gasteiger partial charge on any atom is 0.315 e. The number of nitro groups is 1. The topological polar surface area (TPSA) is 80.1 Å². The summed E-state index contributed by atoms with van der Waals surface area (Å²) in [5, 5.41) is 11.3. The average Bonchev–Trinajstić information content (AvgIpc) is 2.60. The van der Waals surface area contributed by atoms with Crippen LogP contribution < -0.4 is 18.9 Å². The molecule has 2 aromatic rings. The first kappa shape index (κ1) is 17.4. The van der Waals surface area contributed by atoms with Crippen molar-refractivity contribution in [3.8, 4) is 28.7 Å². The molecular formula is C17H19NO6. The summed E-state index contributed by atoms with van der Waals surface area (Å²) < 4.78 is 21.4. The highest BCUT2D eigenvalue weighted by Gasteiger charge is 2.18. The summed E-state index contributed by atoms with van der Waals surface area (Å²) in [6.07, 6.45) is 0.817. The smallest absolute Gasteiger partial charge is 0.315 e. The minimum Gasteiger partial charge on any atom is -0.493 e. The van der Waals surface area contributed by atoms with Gasteiger partial charge in [-0.3, -0.25) is 10.1 Å². The first-order valence-electron chi connectivity index (χ1n) is 7.40. The number of ether oxygens (including phenoxy) is 4. The van der Waals surface area contributed by atoms with E-state index in [2.05, 4.69) is 0 Å². The van der Waals surface area contributed by atoms with E-state index in [1.807, 2.05) is 6.92 Å². The van der Waals surface area contributed by atoms with Gasteiger partial charge in [0.2, 0.25) is 5.75 Å². The molecule has 0 aliphatic carbocycles. The highest BCUT2D eigenvalue weighted by molar-refractivity contribution is 5.54. The molecule has 0 bridgehead atoms. The molecule has 0 N–H and O–H groups in total. The normalized spacial score (nSPS) is 10.1. The second-order valence-electron chi connectivity index (χ2n) is 4.85. The fourth-order valence-corrected chi connectivity index (χ4v) is 2.04. The number of hydrogen-bond acceptors (Lipinski definition) is 6. The number of hydrogen-bond donors (Lipinski definition) is 0. The zero-order valence-electron chi connectivity index (χ0n) is 13.8. The summed E-state index contributed by atoms with van der Waals surface area (Å²) in [7, 11) is 3.03. The van der Waals surface area contributed by atoms with Crippen LogP contribution in [0.1, 0.15) is 13.3 Å². The third-order valence-electron chi connectivity index (χ3n) is 3.18. The van der Waals surface area contributed by atoms with Crippen LogP contribution in [0, 0.1) is 10.1 Å². The van der Waals surface area contributed by atoms with E-state index in [0.29, 0.717) is 29.6 Å². The summed E-state index contributed by atoms with van der Waals surface area (Å²) in [5.74, 6) is 1.97. The predicted octanol–water partition coefficient (Wildman–Crippen LogP) is 4.19. The molecule has 0 saturated heterocycles. The lowest BCUT2D eigenvalue weighted by Gasteiger charge is -2.11. The number of benzene rings is 2. The quantitative estimate of drug-likeness (QED) is 0.532. The maximum absolute atomic E-state index is 11.3. The second kappa shape index (κ2) is 8.05. The van der Waals surface area contributed by atoms with Gasteiger partial charge in [-0.05, 0) is 30.7 Å². The Labute approximate surface area is 139 Å². The predicted molar refractivity (Wildman–Crippen MR) is 88.5 cm³/mol. The van der Waals surface area contributed by atoms with Crippen molar-refractivity contribution >= 4 is 5.69 Å². The highest BCUT2D eigenvalue weighted by atomic mass is 16.6. The van der Waals surface area contributed by atoms with Crippen molar-refractivity contribution in [3.63, 3.8) is 0 Å². The van der Waals surface area contributed by atoms with Crippen molar-refractivity contribution in [3.05, 3.63) is 46.5 Å². The molecule has 24 heavy (non-hydrogen) atoms. The van der Waals surface area contributed by atoms with E-state index < -0.39 is 4.92 Å². The van der Waals surface area contributed by atoms with E-state index in [9.17, 15) is 10.1 Å². The van der Waals surface area contributed by atoms with Crippen molar-refractivity contribution in [2.24, 2.45) is 0 Å². The molecular weight excluding hydrogens is 314 g/mol. The van der Waals surface area contributed by atoms with E-state index in [0.717, 1.165) is 6.42 Å². The zero-order chi connectivity index (χ0) is 17.5. The lowest BCUT2D eigenvalue weighted by molar-refractivity contribution is -0.385. The Morgan fingerprint density at radius 1 is 0.958 bits per heavy atom. The molecule has 0 atom stereocenters. The Bertz CT molecular complexity index is 716. The van der Waals surface area contributed by atoms with Crippen LogP contribution in [-0.4, -0.2) is 25.7 Å². The van der Waals surface area contributed by atoms with Crippen LogP contribution in [0.15, 0.2) is 36.4 Å². The van der Waals surface area contributed by atoms with Gasteiger partial charge in [0.25, 0.3) is 0 Å². The van der Waals surface area contributed by atoms with Gasteiger partial charge < -0.3 is 18.9 Å². The lowest BCUT2D eigenvalue weighted by atomic mass is 10.2. The number of nitrogens with zero attached hydrogens (tertiary/aromatic N) is 1. The standard InChI is InChI=1S/C17H19NO6/c1-4-9-23-12-5-7-15(14(10-12)18(19)20)24-13-6-8-16(21-2)17(11-13)22-3/h5-8,10-11H,4,9H2,1-3H3. The maximum atomic E-state index is 11.3. The summed E-state index contributed by atoms with van der Waals surface area (Å²) in [5.41, 5.74) is -0.168. The SMILES string of the molecule is CCCOc1ccc(Oc2ccc(OC)c(OC)c2)c([N+](=O)[O-])c1. The molecule has 0 saturated carbocycles. The van der Waals surface area contributed by atoms with E-state index in [-0.39, 0.29) is 11.4 Å². The van der Waals surface area contributed by atoms with Crippen LogP contribution in [0.5, 0.6) is 28.7 Å². The van der Waals surface area contributed by atoms with Gasteiger partial charge in [0, 0.05) is 6.07 Å². The van der Waals surface area contributed by atoms with Crippen molar-refractivity contribution < 1.29 is 23.9 Å². The molecule has 0 aliphatic rings. The first-order valence-corrected chi connectivity index (χ1v) is 7.40. The molecule has 0 unspecified atom stereocenters. The van der Waals surface area contributed by atoms with Gasteiger partial charge in [0.15, 0.2) is 11.5 Å². The van der Waals surface area contributed by atoms with Crippen LogP contribution in [0.3, 0.4) is 0 Å². The minimum absolute atomic E-state index is 0.121. The summed E-state index contributed by atoms with van der Waals surface area (Å²) >= 11 is 0. The molecule has 0 aliphatic heterocycles. The third-order valence-corrected chi connectivity index (χ3v) is 3.18. The van der Waals surface area contributed by atoms with Gasteiger partial charge in [-0.2, -0.15) is 0 Å². The lowest BCUT2D eigenvalue weighted by Crippen LogP contribution is -1.98. The van der Waals surface area contributed by atoms with Crippen molar-refractivity contribution in [1.29, 1.82) is 0 Å². The average molecular weight is 333 g/mol. The molecule has 7 heteroatoms. The molecule has 0 amide bonds. The fourth-order valence-electron chi connectivity index (χ4n) is 2.04. The largest absolute Gasteiger partial charge is 0.493 e. The molecule has 2 aromatic carbocycles. The minimum atomic E-state index is -0.505. The van der Waals surface area contributed by atoms with E-state index in [1.165, 1.54) is 26.4 Å². The van der Waals surface area contributed by atoms with Gasteiger partial charge in [0.05, 0.1) is 31.8 Å². The Balaban J connectivity index is 2.30. The van der Waals surface area contributed by atoms with Crippen molar-refractivity contribution in [2.75, 3.05) is 20.8 Å². The summed E-state index contributed by atoms with van der Waals surface area (Å²) in [6.45, 7) is 2.45. The monoisotopic (exact) mass is 333 g/mol.